The molecule has 1 saturated heterocycles. The third-order valence-corrected chi connectivity index (χ3v) is 5.73. The second-order valence-electron chi connectivity index (χ2n) is 8.12. The molecule has 1 unspecified atom stereocenters. The molecule has 0 spiro atoms. The quantitative estimate of drug-likeness (QED) is 0.531. The highest BCUT2D eigenvalue weighted by Gasteiger charge is 2.23. The first-order chi connectivity index (χ1) is 15.0. The fraction of sp³-hybridized carbons (Fsp3) is 0.304. The molecule has 8 nitrogen and oxygen atoms in total. The molecule has 1 aliphatic heterocycles. The number of benzene rings is 1. The number of aryl methyl sites for hydroxylation is 2. The Kier molecular flexibility index (Phi) is 4.78. The van der Waals surface area contributed by atoms with Crippen LogP contribution < -0.4 is 16.7 Å². The van der Waals surface area contributed by atoms with E-state index in [-0.39, 0.29) is 17.7 Å². The zero-order valence-electron chi connectivity index (χ0n) is 17.7. The molecule has 1 aliphatic rings. The van der Waals surface area contributed by atoms with Gasteiger partial charge in [0.2, 0.25) is 5.95 Å². The monoisotopic (exact) mass is 415 g/mol. The van der Waals surface area contributed by atoms with Crippen LogP contribution in [0.4, 0.5) is 5.95 Å². The Morgan fingerprint density at radius 1 is 1.10 bits per heavy atom. The molecular formula is C23H25N7O. The van der Waals surface area contributed by atoms with Crippen LogP contribution in [0.5, 0.6) is 0 Å². The Labute approximate surface area is 179 Å². The topological polar surface area (TPSA) is 103 Å². The smallest absolute Gasteiger partial charge is 0.353 e. The lowest BCUT2D eigenvalue weighted by Crippen LogP contribution is -2.33. The van der Waals surface area contributed by atoms with Crippen molar-refractivity contribution < 1.29 is 0 Å². The standard InChI is InChI=1S/C23H25N7O/c1-14-11-17(12-15(2)26-14)19-20(16-7-4-3-5-8-16)27-22(24)30-21(19)28-29(23(30)31)13-18-9-6-10-25-18/h3-5,7-8,11-12,18,25H,6,9-10,13H2,1-2H3,(H2,24,27). The molecule has 0 radical (unpaired) electrons. The second kappa shape index (κ2) is 7.63. The predicted molar refractivity (Wildman–Crippen MR) is 121 cm³/mol. The maximum absolute atomic E-state index is 13.2. The van der Waals surface area contributed by atoms with E-state index in [1.807, 2.05) is 56.3 Å². The Hall–Kier alpha value is -3.52. The van der Waals surface area contributed by atoms with Crippen LogP contribution >= 0.6 is 0 Å². The van der Waals surface area contributed by atoms with Crippen molar-refractivity contribution in [3.63, 3.8) is 0 Å². The summed E-state index contributed by atoms with van der Waals surface area (Å²) in [6.45, 7) is 5.39. The molecule has 158 valence electrons. The largest absolute Gasteiger partial charge is 0.369 e. The van der Waals surface area contributed by atoms with Gasteiger partial charge in [-0.3, -0.25) is 4.98 Å². The zero-order chi connectivity index (χ0) is 21.5. The highest BCUT2D eigenvalue weighted by molar-refractivity contribution is 5.90. The van der Waals surface area contributed by atoms with Crippen molar-refractivity contribution in [3.8, 4) is 22.4 Å². The lowest BCUT2D eigenvalue weighted by Gasteiger charge is -2.13. The third-order valence-electron chi connectivity index (χ3n) is 5.73. The van der Waals surface area contributed by atoms with Gasteiger partial charge in [-0.25, -0.2) is 18.9 Å². The normalized spacial score (nSPS) is 16.3. The fourth-order valence-electron chi connectivity index (χ4n) is 4.39. The van der Waals surface area contributed by atoms with Gasteiger partial charge in [0.1, 0.15) is 0 Å². The van der Waals surface area contributed by atoms with Gasteiger partial charge in [0.25, 0.3) is 0 Å². The van der Waals surface area contributed by atoms with Crippen molar-refractivity contribution >= 4 is 11.6 Å². The molecule has 0 bridgehead atoms. The van der Waals surface area contributed by atoms with E-state index in [2.05, 4.69) is 15.3 Å². The van der Waals surface area contributed by atoms with Crippen molar-refractivity contribution in [2.75, 3.05) is 12.3 Å². The summed E-state index contributed by atoms with van der Waals surface area (Å²) >= 11 is 0. The van der Waals surface area contributed by atoms with Crippen LogP contribution in [0.2, 0.25) is 0 Å². The Balaban J connectivity index is 1.81. The number of hydrogen-bond donors (Lipinski definition) is 2. The molecular weight excluding hydrogens is 390 g/mol. The first-order valence-corrected chi connectivity index (χ1v) is 10.5. The van der Waals surface area contributed by atoms with Crippen LogP contribution in [0.3, 0.4) is 0 Å². The van der Waals surface area contributed by atoms with E-state index < -0.39 is 0 Å². The van der Waals surface area contributed by atoms with Crippen molar-refractivity contribution in [1.29, 1.82) is 0 Å². The number of fused-ring (bicyclic) bond motifs is 1. The van der Waals surface area contributed by atoms with Gasteiger partial charge >= 0.3 is 5.69 Å². The Morgan fingerprint density at radius 3 is 2.52 bits per heavy atom. The number of anilines is 1. The van der Waals surface area contributed by atoms with E-state index in [0.717, 1.165) is 47.5 Å². The average Bonchev–Trinajstić information content (AvgIpc) is 3.36. The zero-order valence-corrected chi connectivity index (χ0v) is 17.7. The number of nitrogens with zero attached hydrogens (tertiary/aromatic N) is 5. The molecule has 4 heterocycles. The van der Waals surface area contributed by atoms with E-state index in [0.29, 0.717) is 17.9 Å². The van der Waals surface area contributed by atoms with Crippen molar-refractivity contribution in [2.45, 2.75) is 39.3 Å². The lowest BCUT2D eigenvalue weighted by molar-refractivity contribution is 0.466. The number of rotatable bonds is 4. The highest BCUT2D eigenvalue weighted by atomic mass is 16.2. The molecule has 31 heavy (non-hydrogen) atoms. The number of nitrogen functional groups attached to an aromatic ring is 1. The molecule has 0 saturated carbocycles. The van der Waals surface area contributed by atoms with Gasteiger partial charge in [-0.2, -0.15) is 0 Å². The van der Waals surface area contributed by atoms with Gasteiger partial charge in [-0.1, -0.05) is 30.3 Å². The number of hydrogen-bond acceptors (Lipinski definition) is 6. The Morgan fingerprint density at radius 2 is 1.84 bits per heavy atom. The van der Waals surface area contributed by atoms with Crippen LogP contribution in [0.15, 0.2) is 47.3 Å². The second-order valence-corrected chi connectivity index (χ2v) is 8.12. The molecule has 1 aromatic carbocycles. The molecule has 4 aromatic rings. The summed E-state index contributed by atoms with van der Waals surface area (Å²) in [6, 6.07) is 14.1. The number of nitrogens with two attached hydrogens (primary N) is 1. The van der Waals surface area contributed by atoms with Crippen LogP contribution in [0.25, 0.3) is 28.0 Å². The van der Waals surface area contributed by atoms with E-state index >= 15 is 0 Å². The van der Waals surface area contributed by atoms with E-state index in [1.165, 1.54) is 9.08 Å². The summed E-state index contributed by atoms with van der Waals surface area (Å²) in [6.07, 6.45) is 2.13. The first-order valence-electron chi connectivity index (χ1n) is 10.5. The molecule has 3 N–H and O–H groups in total. The van der Waals surface area contributed by atoms with Crippen LogP contribution in [0, 0.1) is 13.8 Å². The van der Waals surface area contributed by atoms with E-state index in [4.69, 9.17) is 10.8 Å². The lowest BCUT2D eigenvalue weighted by atomic mass is 9.99. The van der Waals surface area contributed by atoms with E-state index in [9.17, 15) is 4.79 Å². The van der Waals surface area contributed by atoms with Crippen molar-refractivity contribution in [3.05, 3.63) is 64.3 Å². The highest BCUT2D eigenvalue weighted by Crippen LogP contribution is 2.34. The van der Waals surface area contributed by atoms with Crippen molar-refractivity contribution in [2.24, 2.45) is 0 Å². The summed E-state index contributed by atoms with van der Waals surface area (Å²) in [5.74, 6) is 0.135. The summed E-state index contributed by atoms with van der Waals surface area (Å²) < 4.78 is 2.93. The molecule has 1 atom stereocenters. The van der Waals surface area contributed by atoms with E-state index in [1.54, 1.807) is 0 Å². The van der Waals surface area contributed by atoms with Gasteiger partial charge in [0.05, 0.1) is 17.8 Å². The summed E-state index contributed by atoms with van der Waals surface area (Å²) in [5.41, 5.74) is 11.6. The van der Waals surface area contributed by atoms with Crippen LogP contribution in [0.1, 0.15) is 24.2 Å². The maximum atomic E-state index is 13.2. The maximum Gasteiger partial charge on any atom is 0.353 e. The molecule has 5 rings (SSSR count). The number of pyridine rings is 1. The molecule has 8 heteroatoms. The SMILES string of the molecule is Cc1cc(-c2c(-c3ccccc3)nc(N)n3c(=O)n(CC4CCCN4)nc23)cc(C)n1. The minimum absolute atomic E-state index is 0.135. The van der Waals surface area contributed by atoms with Gasteiger partial charge in [-0.15, -0.1) is 5.10 Å². The fourth-order valence-corrected chi connectivity index (χ4v) is 4.39. The minimum Gasteiger partial charge on any atom is -0.369 e. The van der Waals surface area contributed by atoms with Gasteiger partial charge in [0, 0.05) is 23.0 Å². The number of aromatic nitrogens is 5. The molecule has 0 aliphatic carbocycles. The Bertz CT molecular complexity index is 1300. The molecule has 0 amide bonds. The first kappa shape index (κ1) is 19.4. The van der Waals surface area contributed by atoms with Gasteiger partial charge in [0.15, 0.2) is 5.65 Å². The van der Waals surface area contributed by atoms with Crippen LogP contribution in [-0.2, 0) is 6.54 Å². The summed E-state index contributed by atoms with van der Waals surface area (Å²) in [4.78, 5) is 22.4. The van der Waals surface area contributed by atoms with Gasteiger partial charge in [-0.05, 0) is 50.9 Å². The van der Waals surface area contributed by atoms with Crippen molar-refractivity contribution in [1.82, 2.24) is 29.5 Å². The predicted octanol–water partition coefficient (Wildman–Crippen LogP) is 2.57. The average molecular weight is 416 g/mol. The van der Waals surface area contributed by atoms with Crippen LogP contribution in [-0.4, -0.2) is 36.7 Å². The molecule has 3 aromatic heterocycles. The number of nitrogens with one attached hydrogen (secondary N) is 1. The molecule has 1 fully saturated rings. The van der Waals surface area contributed by atoms with Gasteiger partial charge < -0.3 is 11.1 Å². The summed E-state index contributed by atoms with van der Waals surface area (Å²) in [7, 11) is 0. The minimum atomic E-state index is -0.267. The summed E-state index contributed by atoms with van der Waals surface area (Å²) in [5, 5.41) is 8.17. The third kappa shape index (κ3) is 3.48.